The van der Waals surface area contributed by atoms with Gasteiger partial charge in [0, 0.05) is 13.0 Å². The number of nitrogens with two attached hydrogens (primary N) is 1. The highest BCUT2D eigenvalue weighted by Gasteiger charge is 2.30. The van der Waals surface area contributed by atoms with Gasteiger partial charge in [-0.05, 0) is 18.8 Å². The Kier molecular flexibility index (Phi) is 6.75. The zero-order valence-electron chi connectivity index (χ0n) is 11.3. The predicted octanol–water partition coefficient (Wildman–Crippen LogP) is 2.67. The van der Waals surface area contributed by atoms with Gasteiger partial charge in [0.2, 0.25) is 0 Å². The normalized spacial score (nSPS) is 26.1. The first-order valence-corrected chi connectivity index (χ1v) is 7.09. The maximum Gasteiger partial charge on any atom is 0.161 e. The highest BCUT2D eigenvalue weighted by Crippen LogP contribution is 2.24. The fourth-order valence-corrected chi connectivity index (χ4v) is 2.48. The van der Waals surface area contributed by atoms with E-state index in [9.17, 15) is 4.79 Å². The molecule has 1 saturated heterocycles. The largest absolute Gasteiger partial charge is 0.366 e. The second-order valence-corrected chi connectivity index (χ2v) is 5.15. The number of rotatable bonds is 8. The van der Waals surface area contributed by atoms with Gasteiger partial charge in [-0.3, -0.25) is 4.79 Å². The summed E-state index contributed by atoms with van der Waals surface area (Å²) in [7, 11) is 0. The fraction of sp³-hybridized carbons (Fsp3) is 0.929. The van der Waals surface area contributed by atoms with Gasteiger partial charge in [-0.2, -0.15) is 0 Å². The third-order valence-electron chi connectivity index (χ3n) is 3.76. The number of hydrogen-bond acceptors (Lipinski definition) is 3. The van der Waals surface area contributed by atoms with Crippen molar-refractivity contribution >= 4 is 5.78 Å². The molecular formula is C14H27NO2. The van der Waals surface area contributed by atoms with Crippen molar-refractivity contribution in [2.75, 3.05) is 6.54 Å². The maximum atomic E-state index is 12.1. The van der Waals surface area contributed by atoms with Crippen LogP contribution in [-0.2, 0) is 9.53 Å². The molecule has 1 rings (SSSR count). The average Bonchev–Trinajstić information content (AvgIpc) is 2.83. The Hall–Kier alpha value is -0.410. The molecule has 0 aromatic rings. The summed E-state index contributed by atoms with van der Waals surface area (Å²) in [5.41, 5.74) is 5.55. The maximum absolute atomic E-state index is 12.1. The summed E-state index contributed by atoms with van der Waals surface area (Å²) in [5.74, 6) is 0.840. The van der Waals surface area contributed by atoms with Gasteiger partial charge in [0.25, 0.3) is 0 Å². The summed E-state index contributed by atoms with van der Waals surface area (Å²) < 4.78 is 5.65. The summed E-state index contributed by atoms with van der Waals surface area (Å²) in [6, 6.07) is 0. The van der Waals surface area contributed by atoms with Crippen molar-refractivity contribution < 1.29 is 9.53 Å². The van der Waals surface area contributed by atoms with Crippen LogP contribution in [0.5, 0.6) is 0 Å². The van der Waals surface area contributed by atoms with Gasteiger partial charge in [-0.1, -0.05) is 39.5 Å². The van der Waals surface area contributed by atoms with Crippen LogP contribution in [0.3, 0.4) is 0 Å². The first-order valence-electron chi connectivity index (χ1n) is 7.09. The van der Waals surface area contributed by atoms with E-state index in [1.807, 2.05) is 0 Å². The third-order valence-corrected chi connectivity index (χ3v) is 3.76. The van der Waals surface area contributed by atoms with Crippen molar-refractivity contribution in [3.63, 3.8) is 0 Å². The Balaban J connectivity index is 2.32. The molecule has 3 nitrogen and oxygen atoms in total. The van der Waals surface area contributed by atoms with Crippen molar-refractivity contribution in [3.05, 3.63) is 0 Å². The lowest BCUT2D eigenvalue weighted by molar-refractivity contribution is -0.130. The molecule has 0 aromatic heterocycles. The molecule has 17 heavy (non-hydrogen) atoms. The van der Waals surface area contributed by atoms with Crippen molar-refractivity contribution in [1.82, 2.24) is 0 Å². The summed E-state index contributed by atoms with van der Waals surface area (Å²) in [6.45, 7) is 4.91. The SMILES string of the molecule is CCCCC(CC)CC(=O)C1CCC(CN)O1. The molecule has 0 saturated carbocycles. The number of carbonyl (C=O) groups excluding carboxylic acids is 1. The number of ketones is 1. The molecule has 0 spiro atoms. The molecule has 0 radical (unpaired) electrons. The Morgan fingerprint density at radius 2 is 2.18 bits per heavy atom. The van der Waals surface area contributed by atoms with Crippen molar-refractivity contribution in [1.29, 1.82) is 0 Å². The van der Waals surface area contributed by atoms with E-state index in [1.165, 1.54) is 19.3 Å². The van der Waals surface area contributed by atoms with Crippen LogP contribution in [-0.4, -0.2) is 24.5 Å². The summed E-state index contributed by atoms with van der Waals surface area (Å²) in [5, 5.41) is 0. The fourth-order valence-electron chi connectivity index (χ4n) is 2.48. The summed E-state index contributed by atoms with van der Waals surface area (Å²) in [6.07, 6.45) is 7.15. The highest BCUT2D eigenvalue weighted by atomic mass is 16.5. The molecule has 1 aliphatic rings. The number of hydrogen-bond donors (Lipinski definition) is 1. The molecule has 3 heteroatoms. The van der Waals surface area contributed by atoms with E-state index >= 15 is 0 Å². The van der Waals surface area contributed by atoms with Gasteiger partial charge in [0.15, 0.2) is 5.78 Å². The minimum absolute atomic E-state index is 0.111. The van der Waals surface area contributed by atoms with Gasteiger partial charge >= 0.3 is 0 Å². The van der Waals surface area contributed by atoms with Gasteiger partial charge in [-0.15, -0.1) is 0 Å². The van der Waals surface area contributed by atoms with Crippen LogP contribution in [0.2, 0.25) is 0 Å². The minimum atomic E-state index is -0.167. The van der Waals surface area contributed by atoms with Crippen LogP contribution in [0, 0.1) is 5.92 Å². The molecule has 0 aliphatic carbocycles. The molecule has 0 aromatic carbocycles. The average molecular weight is 241 g/mol. The van der Waals surface area contributed by atoms with Crippen LogP contribution in [0.4, 0.5) is 0 Å². The van der Waals surface area contributed by atoms with Crippen molar-refractivity contribution in [2.45, 2.75) is 71.0 Å². The van der Waals surface area contributed by atoms with E-state index < -0.39 is 0 Å². The monoisotopic (exact) mass is 241 g/mol. The number of unbranched alkanes of at least 4 members (excludes halogenated alkanes) is 1. The van der Waals surface area contributed by atoms with E-state index in [-0.39, 0.29) is 12.2 Å². The first-order chi connectivity index (χ1) is 8.21. The minimum Gasteiger partial charge on any atom is -0.366 e. The third kappa shape index (κ3) is 4.76. The van der Waals surface area contributed by atoms with E-state index in [0.717, 1.165) is 19.3 Å². The van der Waals surface area contributed by atoms with Crippen LogP contribution in [0.25, 0.3) is 0 Å². The quantitative estimate of drug-likeness (QED) is 0.711. The second kappa shape index (κ2) is 7.83. The number of ether oxygens (including phenoxy) is 1. The van der Waals surface area contributed by atoms with Crippen LogP contribution in [0.15, 0.2) is 0 Å². The first kappa shape index (κ1) is 14.7. The Bertz CT molecular complexity index is 230. The molecule has 1 heterocycles. The molecule has 2 N–H and O–H groups in total. The van der Waals surface area contributed by atoms with E-state index in [1.54, 1.807) is 0 Å². The molecule has 1 fully saturated rings. The van der Waals surface area contributed by atoms with Crippen molar-refractivity contribution in [2.24, 2.45) is 11.7 Å². The molecule has 1 aliphatic heterocycles. The molecule has 0 bridgehead atoms. The zero-order valence-corrected chi connectivity index (χ0v) is 11.3. The van der Waals surface area contributed by atoms with Crippen LogP contribution < -0.4 is 5.73 Å². The van der Waals surface area contributed by atoms with E-state index in [4.69, 9.17) is 10.5 Å². The second-order valence-electron chi connectivity index (χ2n) is 5.15. The van der Waals surface area contributed by atoms with Gasteiger partial charge in [0.1, 0.15) is 6.10 Å². The standard InChI is InChI=1S/C14H27NO2/c1-3-5-6-11(4-2)9-13(16)14-8-7-12(10-15)17-14/h11-12,14H,3-10,15H2,1-2H3. The lowest BCUT2D eigenvalue weighted by Crippen LogP contribution is -2.26. The van der Waals surface area contributed by atoms with Crippen molar-refractivity contribution in [3.8, 4) is 0 Å². The van der Waals surface area contributed by atoms with E-state index in [2.05, 4.69) is 13.8 Å². The topological polar surface area (TPSA) is 52.3 Å². The summed E-state index contributed by atoms with van der Waals surface area (Å²) >= 11 is 0. The molecule has 3 atom stereocenters. The lowest BCUT2D eigenvalue weighted by Gasteiger charge is -2.16. The lowest BCUT2D eigenvalue weighted by atomic mass is 9.92. The molecule has 3 unspecified atom stereocenters. The molecular weight excluding hydrogens is 214 g/mol. The smallest absolute Gasteiger partial charge is 0.161 e. The molecule has 0 amide bonds. The Morgan fingerprint density at radius 1 is 1.41 bits per heavy atom. The summed E-state index contributed by atoms with van der Waals surface area (Å²) in [4.78, 5) is 12.1. The molecule has 100 valence electrons. The predicted molar refractivity (Wildman–Crippen MR) is 69.9 cm³/mol. The van der Waals surface area contributed by atoms with Gasteiger partial charge < -0.3 is 10.5 Å². The van der Waals surface area contributed by atoms with Crippen LogP contribution >= 0.6 is 0 Å². The van der Waals surface area contributed by atoms with E-state index in [0.29, 0.717) is 24.7 Å². The van der Waals surface area contributed by atoms with Gasteiger partial charge in [0.05, 0.1) is 6.10 Å². The highest BCUT2D eigenvalue weighted by molar-refractivity contribution is 5.83. The zero-order chi connectivity index (χ0) is 12.7. The Morgan fingerprint density at radius 3 is 2.71 bits per heavy atom. The van der Waals surface area contributed by atoms with Crippen LogP contribution in [0.1, 0.15) is 58.8 Å². The Labute approximate surface area is 105 Å². The number of Topliss-reactive ketones (excluding diaryl/α,β-unsaturated/α-hetero) is 1. The van der Waals surface area contributed by atoms with Gasteiger partial charge in [-0.25, -0.2) is 0 Å². The number of carbonyl (C=O) groups is 1.